The van der Waals surface area contributed by atoms with Crippen LogP contribution in [0, 0.1) is 0 Å². The lowest BCUT2D eigenvalue weighted by Gasteiger charge is -2.27. The van der Waals surface area contributed by atoms with Gasteiger partial charge in [-0.05, 0) is 11.1 Å². The zero-order valence-electron chi connectivity index (χ0n) is 12.1. The number of carbonyl (C=O) groups excluding carboxylic acids is 1. The van der Waals surface area contributed by atoms with Crippen molar-refractivity contribution in [3.05, 3.63) is 71.8 Å². The van der Waals surface area contributed by atoms with Crippen molar-refractivity contribution in [1.29, 1.82) is 0 Å². The molecule has 122 valence electrons. The molecule has 0 aromatic heterocycles. The Morgan fingerprint density at radius 1 is 0.913 bits per heavy atom. The van der Waals surface area contributed by atoms with Crippen LogP contribution in [-0.4, -0.2) is 20.9 Å². The first-order valence-corrected chi connectivity index (χ1v) is 8.19. The van der Waals surface area contributed by atoms with Crippen LogP contribution in [0.4, 0.5) is 13.2 Å². The molecule has 2 rings (SSSR count). The third-order valence-electron chi connectivity index (χ3n) is 3.27. The minimum atomic E-state index is -4.84. The Bertz CT molecular complexity index is 590. The van der Waals surface area contributed by atoms with Gasteiger partial charge in [-0.25, -0.2) is 0 Å². The van der Waals surface area contributed by atoms with E-state index in [-0.39, 0.29) is 13.1 Å². The van der Waals surface area contributed by atoms with Gasteiger partial charge in [-0.2, -0.15) is 13.2 Å². The Morgan fingerprint density at radius 3 is 1.65 bits per heavy atom. The summed E-state index contributed by atoms with van der Waals surface area (Å²) in [5.41, 5.74) is 1.72. The number of hydrogen-bond acceptors (Lipinski definition) is 2. The summed E-state index contributed by atoms with van der Waals surface area (Å²) in [6.45, 7) is 0.538. The van der Waals surface area contributed by atoms with Crippen LogP contribution in [0.1, 0.15) is 11.1 Å². The molecule has 0 radical (unpaired) electrons. The fraction of sp³-hybridized carbons (Fsp3) is 0.235. The highest BCUT2D eigenvalue weighted by molar-refractivity contribution is 14.1. The number of ketones is 1. The molecule has 0 saturated carbocycles. The Balaban J connectivity index is 2.22. The Labute approximate surface area is 146 Å². The van der Waals surface area contributed by atoms with Gasteiger partial charge in [0.2, 0.25) is 0 Å². The second kappa shape index (κ2) is 7.92. The molecule has 1 atom stereocenters. The van der Waals surface area contributed by atoms with Crippen molar-refractivity contribution in [3.8, 4) is 0 Å². The van der Waals surface area contributed by atoms with Gasteiger partial charge in [0.1, 0.15) is 4.05 Å². The first kappa shape index (κ1) is 17.9. The molecule has 2 aromatic rings. The normalized spacial score (nSPS) is 13.1. The maximum Gasteiger partial charge on any atom is 0.452 e. The number of benzene rings is 2. The largest absolute Gasteiger partial charge is 0.452 e. The van der Waals surface area contributed by atoms with Crippen molar-refractivity contribution >= 4 is 28.4 Å². The summed E-state index contributed by atoms with van der Waals surface area (Å²) in [6, 6.07) is 18.3. The van der Waals surface area contributed by atoms with Gasteiger partial charge in [-0.3, -0.25) is 9.69 Å². The van der Waals surface area contributed by atoms with E-state index in [0.29, 0.717) is 0 Å². The third kappa shape index (κ3) is 5.31. The van der Waals surface area contributed by atoms with E-state index in [1.165, 1.54) is 4.90 Å². The van der Waals surface area contributed by atoms with Gasteiger partial charge in [0.05, 0.1) is 0 Å². The molecule has 0 spiro atoms. The highest BCUT2D eigenvalue weighted by Gasteiger charge is 2.44. The Kier molecular flexibility index (Phi) is 6.17. The maximum absolute atomic E-state index is 12.8. The van der Waals surface area contributed by atoms with E-state index in [1.807, 2.05) is 60.7 Å². The van der Waals surface area contributed by atoms with Gasteiger partial charge in [0.25, 0.3) is 5.78 Å². The molecule has 0 fully saturated rings. The van der Waals surface area contributed by atoms with E-state index in [1.54, 1.807) is 22.6 Å². The van der Waals surface area contributed by atoms with Crippen LogP contribution in [-0.2, 0) is 17.9 Å². The monoisotopic (exact) mass is 433 g/mol. The fourth-order valence-electron chi connectivity index (χ4n) is 2.15. The predicted molar refractivity (Wildman–Crippen MR) is 91.0 cm³/mol. The maximum atomic E-state index is 12.8. The molecule has 2 nitrogen and oxygen atoms in total. The molecule has 0 unspecified atom stereocenters. The average Bonchev–Trinajstić information content (AvgIpc) is 2.54. The first-order chi connectivity index (χ1) is 10.9. The zero-order chi connectivity index (χ0) is 16.9. The minimum Gasteiger partial charge on any atom is -0.287 e. The molecule has 6 heteroatoms. The summed E-state index contributed by atoms with van der Waals surface area (Å²) in [5.74, 6) is -1.73. The van der Waals surface area contributed by atoms with Crippen LogP contribution < -0.4 is 0 Å². The van der Waals surface area contributed by atoms with Gasteiger partial charge in [0, 0.05) is 13.1 Å². The van der Waals surface area contributed by atoms with Crippen LogP contribution in [0.3, 0.4) is 0 Å². The van der Waals surface area contributed by atoms with Crippen LogP contribution >= 0.6 is 22.6 Å². The van der Waals surface area contributed by atoms with Crippen molar-refractivity contribution in [2.75, 3.05) is 0 Å². The summed E-state index contributed by atoms with van der Waals surface area (Å²) < 4.78 is 37.0. The number of nitrogens with zero attached hydrogens (tertiary/aromatic N) is 1. The quantitative estimate of drug-likeness (QED) is 0.378. The number of carbonyl (C=O) groups is 1. The van der Waals surface area contributed by atoms with Crippen molar-refractivity contribution in [2.24, 2.45) is 0 Å². The van der Waals surface area contributed by atoms with Gasteiger partial charge < -0.3 is 0 Å². The van der Waals surface area contributed by atoms with E-state index in [2.05, 4.69) is 0 Å². The second-order valence-corrected chi connectivity index (χ2v) is 6.25. The number of Topliss-reactive ketones (excluding diaryl/α,β-unsaturated/α-hetero) is 1. The summed E-state index contributed by atoms with van der Waals surface area (Å²) in [6.07, 6.45) is -4.84. The lowest BCUT2D eigenvalue weighted by atomic mass is 10.1. The molecule has 0 amide bonds. The molecule has 0 bridgehead atoms. The molecular weight excluding hydrogens is 418 g/mol. The Hall–Kier alpha value is -1.41. The van der Waals surface area contributed by atoms with Gasteiger partial charge >= 0.3 is 6.18 Å². The number of alkyl halides is 4. The van der Waals surface area contributed by atoms with Gasteiger partial charge in [-0.1, -0.05) is 83.3 Å². The summed E-state index contributed by atoms with van der Waals surface area (Å²) in [5, 5.41) is 0. The van der Waals surface area contributed by atoms with E-state index in [9.17, 15) is 18.0 Å². The highest BCUT2D eigenvalue weighted by atomic mass is 127. The fourth-order valence-corrected chi connectivity index (χ4v) is 2.90. The lowest BCUT2D eigenvalue weighted by molar-refractivity contribution is -0.173. The molecule has 2 aromatic carbocycles. The Morgan fingerprint density at radius 2 is 1.30 bits per heavy atom. The molecule has 0 aliphatic carbocycles. The van der Waals surface area contributed by atoms with Gasteiger partial charge in [-0.15, -0.1) is 0 Å². The van der Waals surface area contributed by atoms with Crippen molar-refractivity contribution in [1.82, 2.24) is 4.90 Å². The summed E-state index contributed by atoms with van der Waals surface area (Å²) >= 11 is 1.56. The summed E-state index contributed by atoms with van der Waals surface area (Å²) in [7, 11) is 0. The van der Waals surface area contributed by atoms with Crippen LogP contribution in [0.25, 0.3) is 0 Å². The number of hydrogen-bond donors (Lipinski definition) is 0. The molecule has 0 aliphatic heterocycles. The molecule has 0 saturated heterocycles. The number of halogens is 4. The van der Waals surface area contributed by atoms with E-state index in [0.717, 1.165) is 11.1 Å². The van der Waals surface area contributed by atoms with Crippen molar-refractivity contribution in [3.63, 3.8) is 0 Å². The van der Waals surface area contributed by atoms with Crippen LogP contribution in [0.2, 0.25) is 0 Å². The van der Waals surface area contributed by atoms with Crippen LogP contribution in [0.5, 0.6) is 0 Å². The predicted octanol–water partition coefficient (Wildman–Crippen LogP) is 4.58. The highest BCUT2D eigenvalue weighted by Crippen LogP contribution is 2.26. The molecule has 0 N–H and O–H groups in total. The molecule has 0 heterocycles. The summed E-state index contributed by atoms with van der Waals surface area (Å²) in [4.78, 5) is 13.1. The molecular formula is C17H15F3INO. The van der Waals surface area contributed by atoms with E-state index < -0.39 is 16.0 Å². The topological polar surface area (TPSA) is 20.3 Å². The van der Waals surface area contributed by atoms with Crippen LogP contribution in [0.15, 0.2) is 60.7 Å². The third-order valence-corrected chi connectivity index (χ3v) is 4.63. The SMILES string of the molecule is O=C([C@H](I)N(Cc1ccccc1)Cc1ccccc1)C(F)(F)F. The van der Waals surface area contributed by atoms with Crippen molar-refractivity contribution in [2.45, 2.75) is 23.3 Å². The zero-order valence-corrected chi connectivity index (χ0v) is 14.3. The standard InChI is InChI=1S/C17H15F3INO/c18-17(19,20)15(23)16(21)22(11-13-7-3-1-4-8-13)12-14-9-5-2-6-10-14/h1-10,16H,11-12H2/t16-/m1/s1. The van der Waals surface area contributed by atoms with Gasteiger partial charge in [0.15, 0.2) is 0 Å². The van der Waals surface area contributed by atoms with E-state index in [4.69, 9.17) is 0 Å². The average molecular weight is 433 g/mol. The molecule has 0 aliphatic rings. The van der Waals surface area contributed by atoms with Crippen molar-refractivity contribution < 1.29 is 18.0 Å². The van der Waals surface area contributed by atoms with E-state index >= 15 is 0 Å². The molecule has 23 heavy (non-hydrogen) atoms. The lowest BCUT2D eigenvalue weighted by Crippen LogP contribution is -2.42. The second-order valence-electron chi connectivity index (χ2n) is 5.07. The first-order valence-electron chi connectivity index (χ1n) is 6.95. The smallest absolute Gasteiger partial charge is 0.287 e. The minimum absolute atomic E-state index is 0.269. The number of rotatable bonds is 6.